The molecule has 0 aliphatic rings. The van der Waals surface area contributed by atoms with Gasteiger partial charge in [-0.15, -0.1) is 0 Å². The average molecular weight is 175 g/mol. The number of rotatable bonds is 2. The van der Waals surface area contributed by atoms with Crippen LogP contribution in [0.15, 0.2) is 47.1 Å². The van der Waals surface area contributed by atoms with Crippen LogP contribution in [0.2, 0.25) is 0 Å². The Morgan fingerprint density at radius 3 is 2.31 bits per heavy atom. The number of hydrogen-bond acceptors (Lipinski definition) is 2. The first-order chi connectivity index (χ1) is 6.24. The van der Waals surface area contributed by atoms with Gasteiger partial charge in [0.05, 0.1) is 0 Å². The second-order valence-electron chi connectivity index (χ2n) is 3.07. The van der Waals surface area contributed by atoms with E-state index in [1.54, 1.807) is 0 Å². The monoisotopic (exact) mass is 175 g/mol. The molecule has 68 valence electrons. The molecule has 2 nitrogen and oxygen atoms in total. The summed E-state index contributed by atoms with van der Waals surface area (Å²) in [6.45, 7) is 3.93. The van der Waals surface area contributed by atoms with E-state index in [1.165, 1.54) is 0 Å². The molecule has 0 spiro atoms. The first-order valence-electron chi connectivity index (χ1n) is 4.16. The molecule has 0 fully saturated rings. The number of nitrogens with zero attached hydrogens (tertiary/aromatic N) is 1. The highest BCUT2D eigenvalue weighted by Gasteiger charge is 1.98. The Morgan fingerprint density at radius 1 is 1.23 bits per heavy atom. The van der Waals surface area contributed by atoms with E-state index >= 15 is 0 Å². The van der Waals surface area contributed by atoms with Gasteiger partial charge in [-0.2, -0.15) is 0 Å². The Bertz CT molecular complexity index is 321. The van der Waals surface area contributed by atoms with Gasteiger partial charge in [-0.25, -0.2) is 0 Å². The van der Waals surface area contributed by atoms with Gasteiger partial charge in [0.15, 0.2) is 0 Å². The predicted molar refractivity (Wildman–Crippen MR) is 54.2 cm³/mol. The normalized spacial score (nSPS) is 11.1. The summed E-state index contributed by atoms with van der Waals surface area (Å²) in [5, 5.41) is 12.0. The van der Waals surface area contributed by atoms with Crippen LogP contribution in [0.3, 0.4) is 0 Å². The van der Waals surface area contributed by atoms with Crippen molar-refractivity contribution in [2.24, 2.45) is 5.16 Å². The maximum Gasteiger partial charge on any atom is 0.109 e. The predicted octanol–water partition coefficient (Wildman–Crippen LogP) is 2.83. The van der Waals surface area contributed by atoms with E-state index in [1.807, 2.05) is 50.3 Å². The molecule has 0 bridgehead atoms. The maximum absolute atomic E-state index is 8.77. The van der Waals surface area contributed by atoms with Crippen molar-refractivity contribution < 1.29 is 5.21 Å². The second kappa shape index (κ2) is 4.45. The quantitative estimate of drug-likeness (QED) is 0.418. The third-order valence-corrected chi connectivity index (χ3v) is 1.60. The van der Waals surface area contributed by atoms with Crippen molar-refractivity contribution in [3.8, 4) is 0 Å². The fourth-order valence-corrected chi connectivity index (χ4v) is 1.05. The summed E-state index contributed by atoms with van der Waals surface area (Å²) < 4.78 is 0. The van der Waals surface area contributed by atoms with Crippen LogP contribution in [0.25, 0.3) is 0 Å². The zero-order chi connectivity index (χ0) is 9.68. The lowest BCUT2D eigenvalue weighted by atomic mass is 10.1. The molecule has 1 aromatic rings. The molecule has 2 heteroatoms. The molecule has 0 amide bonds. The molecule has 0 aromatic heterocycles. The fraction of sp³-hybridized carbons (Fsp3) is 0.182. The third kappa shape index (κ3) is 2.75. The van der Waals surface area contributed by atoms with Gasteiger partial charge in [-0.05, 0) is 19.9 Å². The minimum absolute atomic E-state index is 0.598. The van der Waals surface area contributed by atoms with Crippen LogP contribution < -0.4 is 0 Å². The van der Waals surface area contributed by atoms with Crippen LogP contribution in [0.1, 0.15) is 19.4 Å². The van der Waals surface area contributed by atoms with E-state index in [-0.39, 0.29) is 0 Å². The molecule has 0 unspecified atom stereocenters. The molecular formula is C11H13NO. The van der Waals surface area contributed by atoms with Crippen LogP contribution in [-0.4, -0.2) is 10.9 Å². The fourth-order valence-electron chi connectivity index (χ4n) is 1.05. The van der Waals surface area contributed by atoms with Crippen LogP contribution in [0.4, 0.5) is 0 Å². The minimum Gasteiger partial charge on any atom is -0.410 e. The third-order valence-electron chi connectivity index (χ3n) is 1.60. The Kier molecular flexibility index (Phi) is 3.26. The molecule has 0 saturated carbocycles. The van der Waals surface area contributed by atoms with Crippen molar-refractivity contribution in [2.45, 2.75) is 13.8 Å². The summed E-state index contributed by atoms with van der Waals surface area (Å²) in [4.78, 5) is 0. The van der Waals surface area contributed by atoms with E-state index in [0.717, 1.165) is 11.1 Å². The van der Waals surface area contributed by atoms with Crippen LogP contribution in [-0.2, 0) is 0 Å². The summed E-state index contributed by atoms with van der Waals surface area (Å²) in [6.07, 6.45) is 1.84. The highest BCUT2D eigenvalue weighted by Crippen LogP contribution is 2.04. The zero-order valence-corrected chi connectivity index (χ0v) is 7.86. The molecule has 1 aromatic carbocycles. The summed E-state index contributed by atoms with van der Waals surface area (Å²) in [6, 6.07) is 9.59. The first kappa shape index (κ1) is 9.52. The standard InChI is InChI=1S/C11H13NO/c1-9(2)8-11(12-13)10-6-4-3-5-7-10/h3-8,13H,1-2H3/b12-11+. The molecule has 0 aliphatic heterocycles. The molecule has 0 atom stereocenters. The summed E-state index contributed by atoms with van der Waals surface area (Å²) in [5.41, 5.74) is 2.63. The van der Waals surface area contributed by atoms with Crippen molar-refractivity contribution >= 4 is 5.71 Å². The molecule has 0 radical (unpaired) electrons. The number of benzene rings is 1. The van der Waals surface area contributed by atoms with Crippen LogP contribution in [0, 0.1) is 0 Å². The van der Waals surface area contributed by atoms with Crippen molar-refractivity contribution in [1.82, 2.24) is 0 Å². The van der Waals surface area contributed by atoms with E-state index in [9.17, 15) is 0 Å². The molecule has 0 saturated heterocycles. The van der Waals surface area contributed by atoms with Crippen molar-refractivity contribution in [2.75, 3.05) is 0 Å². The highest BCUT2D eigenvalue weighted by atomic mass is 16.4. The first-order valence-corrected chi connectivity index (χ1v) is 4.16. The Labute approximate surface area is 78.2 Å². The van der Waals surface area contributed by atoms with Gasteiger partial charge in [0.2, 0.25) is 0 Å². The summed E-state index contributed by atoms with van der Waals surface area (Å²) in [5.74, 6) is 0. The molecule has 0 aliphatic carbocycles. The average Bonchev–Trinajstić information content (AvgIpc) is 2.15. The van der Waals surface area contributed by atoms with Gasteiger partial charge in [0.1, 0.15) is 5.71 Å². The lowest BCUT2D eigenvalue weighted by Crippen LogP contribution is -1.96. The number of allylic oxidation sites excluding steroid dienone is 2. The number of hydrogen-bond donors (Lipinski definition) is 1. The molecular weight excluding hydrogens is 162 g/mol. The van der Waals surface area contributed by atoms with Gasteiger partial charge in [-0.1, -0.05) is 41.1 Å². The molecule has 1 rings (SSSR count). The van der Waals surface area contributed by atoms with Crippen molar-refractivity contribution in [3.63, 3.8) is 0 Å². The van der Waals surface area contributed by atoms with Gasteiger partial charge >= 0.3 is 0 Å². The molecule has 13 heavy (non-hydrogen) atoms. The van der Waals surface area contributed by atoms with Crippen molar-refractivity contribution in [1.29, 1.82) is 0 Å². The van der Waals surface area contributed by atoms with E-state index in [2.05, 4.69) is 5.16 Å². The summed E-state index contributed by atoms with van der Waals surface area (Å²) in [7, 11) is 0. The molecule has 0 heterocycles. The number of oxime groups is 1. The van der Waals surface area contributed by atoms with Gasteiger partial charge < -0.3 is 5.21 Å². The smallest absolute Gasteiger partial charge is 0.109 e. The SMILES string of the molecule is CC(C)=C/C(=N\O)c1ccccc1. The van der Waals surface area contributed by atoms with Crippen LogP contribution in [0.5, 0.6) is 0 Å². The Morgan fingerprint density at radius 2 is 1.85 bits per heavy atom. The maximum atomic E-state index is 8.77. The lowest BCUT2D eigenvalue weighted by Gasteiger charge is -1.98. The lowest BCUT2D eigenvalue weighted by molar-refractivity contribution is 0.320. The topological polar surface area (TPSA) is 32.6 Å². The van der Waals surface area contributed by atoms with Crippen molar-refractivity contribution in [3.05, 3.63) is 47.5 Å². The van der Waals surface area contributed by atoms with Gasteiger partial charge in [-0.3, -0.25) is 0 Å². The Hall–Kier alpha value is -1.57. The second-order valence-corrected chi connectivity index (χ2v) is 3.07. The zero-order valence-electron chi connectivity index (χ0n) is 7.86. The molecule has 1 N–H and O–H groups in total. The van der Waals surface area contributed by atoms with E-state index in [4.69, 9.17) is 5.21 Å². The summed E-state index contributed by atoms with van der Waals surface area (Å²) >= 11 is 0. The highest BCUT2D eigenvalue weighted by molar-refractivity contribution is 6.08. The van der Waals surface area contributed by atoms with Gasteiger partial charge in [0, 0.05) is 5.56 Å². The van der Waals surface area contributed by atoms with Crippen LogP contribution >= 0.6 is 0 Å². The van der Waals surface area contributed by atoms with E-state index in [0.29, 0.717) is 5.71 Å². The van der Waals surface area contributed by atoms with Gasteiger partial charge in [0.25, 0.3) is 0 Å². The minimum atomic E-state index is 0.598. The van der Waals surface area contributed by atoms with E-state index < -0.39 is 0 Å². The largest absolute Gasteiger partial charge is 0.410 e. The Balaban J connectivity index is 3.00.